The minimum Gasteiger partial charge on any atom is -0.487 e. The standard InChI is InChI=1S/C22H28F2N4O4S/c1-12(2)31-17-8-14(6-7-16(17)32-21(23)24)15-9-18(29)28(10-15)11-19(30)27(3)22(26)33-20(25)13-4-5-13/h6-8,12-13,15,21,25-26H,4-5,9-11H2,1-3H3/t15-/m1/s1. The molecule has 1 atom stereocenters. The van der Waals surface area contributed by atoms with Crippen LogP contribution in [-0.4, -0.2) is 64.7 Å². The molecule has 1 saturated carbocycles. The van der Waals surface area contributed by atoms with Gasteiger partial charge in [0.05, 0.1) is 11.1 Å². The summed E-state index contributed by atoms with van der Waals surface area (Å²) in [6.45, 7) is 0.662. The van der Waals surface area contributed by atoms with Gasteiger partial charge in [-0.2, -0.15) is 8.78 Å². The van der Waals surface area contributed by atoms with Crippen molar-refractivity contribution in [3.8, 4) is 11.5 Å². The van der Waals surface area contributed by atoms with Crippen molar-refractivity contribution < 1.29 is 27.8 Å². The van der Waals surface area contributed by atoms with E-state index in [0.717, 1.165) is 35.1 Å². The maximum Gasteiger partial charge on any atom is 0.387 e. The predicted octanol–water partition coefficient (Wildman–Crippen LogP) is 3.90. The first kappa shape index (κ1) is 24.9. The van der Waals surface area contributed by atoms with Gasteiger partial charge in [0, 0.05) is 31.8 Å². The van der Waals surface area contributed by atoms with Crippen LogP contribution in [0.15, 0.2) is 18.2 Å². The molecule has 2 N–H and O–H groups in total. The molecular formula is C22H28F2N4O4S. The summed E-state index contributed by atoms with van der Waals surface area (Å²) in [5.74, 6) is -0.550. The fourth-order valence-corrected chi connectivity index (χ4v) is 4.30. The Morgan fingerprint density at radius 3 is 2.55 bits per heavy atom. The minimum absolute atomic E-state index is 0.0369. The fourth-order valence-electron chi connectivity index (χ4n) is 3.45. The Kier molecular flexibility index (Phi) is 7.93. The number of carbonyl (C=O) groups is 2. The average molecular weight is 483 g/mol. The molecule has 3 rings (SSSR count). The molecule has 8 nitrogen and oxygen atoms in total. The Morgan fingerprint density at radius 1 is 1.24 bits per heavy atom. The molecule has 33 heavy (non-hydrogen) atoms. The van der Waals surface area contributed by atoms with E-state index >= 15 is 0 Å². The van der Waals surface area contributed by atoms with Gasteiger partial charge in [-0.05, 0) is 56.1 Å². The van der Waals surface area contributed by atoms with Gasteiger partial charge in [-0.3, -0.25) is 25.3 Å². The largest absolute Gasteiger partial charge is 0.487 e. The van der Waals surface area contributed by atoms with E-state index < -0.39 is 12.5 Å². The third kappa shape index (κ3) is 6.66. The molecule has 1 aromatic carbocycles. The number of amidine groups is 1. The van der Waals surface area contributed by atoms with Crippen molar-refractivity contribution in [2.75, 3.05) is 20.1 Å². The van der Waals surface area contributed by atoms with E-state index in [1.54, 1.807) is 26.0 Å². The summed E-state index contributed by atoms with van der Waals surface area (Å²) in [6, 6.07) is 4.62. The zero-order valence-corrected chi connectivity index (χ0v) is 19.6. The Morgan fingerprint density at radius 2 is 1.94 bits per heavy atom. The number of halogens is 2. The van der Waals surface area contributed by atoms with Gasteiger partial charge < -0.3 is 14.4 Å². The van der Waals surface area contributed by atoms with Gasteiger partial charge in [-0.25, -0.2) is 0 Å². The van der Waals surface area contributed by atoms with Crippen molar-refractivity contribution in [1.82, 2.24) is 9.80 Å². The van der Waals surface area contributed by atoms with Crippen LogP contribution in [0.4, 0.5) is 8.78 Å². The van der Waals surface area contributed by atoms with E-state index in [4.69, 9.17) is 15.6 Å². The van der Waals surface area contributed by atoms with Crippen molar-refractivity contribution in [1.29, 1.82) is 10.8 Å². The zero-order valence-electron chi connectivity index (χ0n) is 18.8. The fraction of sp³-hybridized carbons (Fsp3) is 0.545. The Balaban J connectivity index is 1.63. The van der Waals surface area contributed by atoms with Gasteiger partial charge in [0.1, 0.15) is 6.54 Å². The number of nitrogens with zero attached hydrogens (tertiary/aromatic N) is 2. The van der Waals surface area contributed by atoms with E-state index in [0.29, 0.717) is 5.04 Å². The highest BCUT2D eigenvalue weighted by atomic mass is 32.2. The van der Waals surface area contributed by atoms with E-state index in [1.807, 2.05) is 0 Å². The predicted molar refractivity (Wildman–Crippen MR) is 121 cm³/mol. The van der Waals surface area contributed by atoms with Crippen LogP contribution in [-0.2, 0) is 9.59 Å². The molecule has 1 aliphatic heterocycles. The van der Waals surface area contributed by atoms with Crippen LogP contribution in [0.1, 0.15) is 44.6 Å². The summed E-state index contributed by atoms with van der Waals surface area (Å²) in [6.07, 6.45) is 1.80. The van der Waals surface area contributed by atoms with E-state index in [-0.39, 0.29) is 60.0 Å². The number of alkyl halides is 2. The molecule has 1 aliphatic carbocycles. The van der Waals surface area contributed by atoms with Crippen LogP contribution >= 0.6 is 11.8 Å². The van der Waals surface area contributed by atoms with Gasteiger partial charge in [-0.1, -0.05) is 6.07 Å². The Hall–Kier alpha value is -2.69. The lowest BCUT2D eigenvalue weighted by Gasteiger charge is -2.22. The first-order chi connectivity index (χ1) is 15.5. The van der Waals surface area contributed by atoms with Gasteiger partial charge in [0.2, 0.25) is 11.8 Å². The molecule has 0 unspecified atom stereocenters. The first-order valence-electron chi connectivity index (χ1n) is 10.7. The SMILES string of the molecule is CC(C)Oc1cc([C@@H]2CC(=O)N(CC(=O)N(C)C(=N)SC(=N)C3CC3)C2)ccc1OC(F)F. The average Bonchev–Trinajstić information content (AvgIpc) is 3.52. The first-order valence-corrected chi connectivity index (χ1v) is 11.5. The van der Waals surface area contributed by atoms with Crippen molar-refractivity contribution >= 4 is 33.8 Å². The monoisotopic (exact) mass is 482 g/mol. The second kappa shape index (κ2) is 10.5. The number of nitrogens with one attached hydrogen (secondary N) is 2. The van der Waals surface area contributed by atoms with Crippen molar-refractivity contribution in [2.45, 2.75) is 51.7 Å². The number of ether oxygens (including phenoxy) is 2. The number of hydrogen-bond acceptors (Lipinski definition) is 7. The number of hydrogen-bond donors (Lipinski definition) is 2. The molecule has 180 valence electrons. The number of likely N-dealkylation sites (N-methyl/N-ethyl adjacent to an activating group) is 1. The number of likely N-dealkylation sites (tertiary alicyclic amines) is 1. The Bertz CT molecular complexity index is 939. The highest BCUT2D eigenvalue weighted by Crippen LogP contribution is 2.37. The highest BCUT2D eigenvalue weighted by Gasteiger charge is 2.34. The van der Waals surface area contributed by atoms with Gasteiger partial charge in [0.15, 0.2) is 16.7 Å². The number of amides is 2. The van der Waals surface area contributed by atoms with Gasteiger partial charge >= 0.3 is 6.61 Å². The van der Waals surface area contributed by atoms with E-state index in [2.05, 4.69) is 4.74 Å². The number of benzene rings is 1. The molecule has 0 bridgehead atoms. The molecule has 2 aliphatic rings. The van der Waals surface area contributed by atoms with E-state index in [9.17, 15) is 18.4 Å². The quantitative estimate of drug-likeness (QED) is 0.432. The van der Waals surface area contributed by atoms with Crippen LogP contribution in [0.5, 0.6) is 11.5 Å². The lowest BCUT2D eigenvalue weighted by atomic mass is 9.98. The van der Waals surface area contributed by atoms with Crippen LogP contribution < -0.4 is 9.47 Å². The zero-order chi connectivity index (χ0) is 24.3. The van der Waals surface area contributed by atoms with Crippen LogP contribution in [0, 0.1) is 16.7 Å². The molecule has 2 amide bonds. The number of thioether (sulfide) groups is 1. The lowest BCUT2D eigenvalue weighted by molar-refractivity contribution is -0.135. The molecule has 1 saturated heterocycles. The van der Waals surface area contributed by atoms with E-state index in [1.165, 1.54) is 18.0 Å². The molecule has 2 fully saturated rings. The number of rotatable bonds is 8. The summed E-state index contributed by atoms with van der Waals surface area (Å²) in [4.78, 5) is 27.8. The summed E-state index contributed by atoms with van der Waals surface area (Å²) < 4.78 is 35.6. The molecule has 1 aromatic rings. The highest BCUT2D eigenvalue weighted by molar-refractivity contribution is 8.26. The molecule has 1 heterocycles. The summed E-state index contributed by atoms with van der Waals surface area (Å²) in [5.41, 5.74) is 0.727. The second-order valence-corrected chi connectivity index (χ2v) is 9.46. The summed E-state index contributed by atoms with van der Waals surface area (Å²) in [5, 5.41) is 16.3. The maximum absolute atomic E-state index is 12.7. The van der Waals surface area contributed by atoms with Gasteiger partial charge in [-0.15, -0.1) is 0 Å². The Labute approximate surface area is 195 Å². The normalized spacial score (nSPS) is 18.1. The summed E-state index contributed by atoms with van der Waals surface area (Å²) in [7, 11) is 1.47. The third-order valence-corrected chi connectivity index (χ3v) is 6.41. The molecule has 0 spiro atoms. The molecule has 0 radical (unpaired) electrons. The second-order valence-electron chi connectivity index (χ2n) is 8.43. The molecule has 11 heteroatoms. The smallest absolute Gasteiger partial charge is 0.387 e. The van der Waals surface area contributed by atoms with Crippen LogP contribution in [0.2, 0.25) is 0 Å². The topological polar surface area (TPSA) is 107 Å². The van der Waals surface area contributed by atoms with Gasteiger partial charge in [0.25, 0.3) is 0 Å². The van der Waals surface area contributed by atoms with Crippen LogP contribution in [0.3, 0.4) is 0 Å². The van der Waals surface area contributed by atoms with Crippen molar-refractivity contribution in [3.63, 3.8) is 0 Å². The minimum atomic E-state index is -2.98. The third-order valence-electron chi connectivity index (χ3n) is 5.39. The van der Waals surface area contributed by atoms with Crippen molar-refractivity contribution in [3.05, 3.63) is 23.8 Å². The lowest BCUT2D eigenvalue weighted by Crippen LogP contribution is -2.41. The molecular weight excluding hydrogens is 454 g/mol. The summed E-state index contributed by atoms with van der Waals surface area (Å²) >= 11 is 0.964. The number of carbonyl (C=O) groups excluding carboxylic acids is 2. The maximum atomic E-state index is 12.7. The van der Waals surface area contributed by atoms with Crippen LogP contribution in [0.25, 0.3) is 0 Å². The van der Waals surface area contributed by atoms with Crippen molar-refractivity contribution in [2.24, 2.45) is 5.92 Å². The molecule has 0 aromatic heterocycles.